The third-order valence-corrected chi connectivity index (χ3v) is 4.66. The maximum Gasteiger partial charge on any atom is 0.222 e. The standard InChI is InChI=1S/C15H27NO3/c1-2-12-5-7-15(18,8-6-12)11-16-14(17)10-13-4-3-9-19-13/h12-13,18H,2-11H2,1H3,(H,16,17). The maximum atomic E-state index is 11.8. The minimum Gasteiger partial charge on any atom is -0.388 e. The molecule has 0 aromatic heterocycles. The molecule has 1 saturated heterocycles. The highest BCUT2D eigenvalue weighted by Gasteiger charge is 2.33. The van der Waals surface area contributed by atoms with Gasteiger partial charge >= 0.3 is 0 Å². The summed E-state index contributed by atoms with van der Waals surface area (Å²) in [7, 11) is 0. The van der Waals surface area contributed by atoms with E-state index in [1.807, 2.05) is 0 Å². The molecular weight excluding hydrogens is 242 g/mol. The van der Waals surface area contributed by atoms with E-state index in [0.29, 0.717) is 13.0 Å². The Morgan fingerprint density at radius 3 is 2.68 bits per heavy atom. The van der Waals surface area contributed by atoms with E-state index in [-0.39, 0.29) is 12.0 Å². The fourth-order valence-corrected chi connectivity index (χ4v) is 3.15. The molecule has 1 saturated carbocycles. The van der Waals surface area contributed by atoms with Crippen LogP contribution in [0.25, 0.3) is 0 Å². The summed E-state index contributed by atoms with van der Waals surface area (Å²) in [5.74, 6) is 0.765. The molecule has 4 nitrogen and oxygen atoms in total. The van der Waals surface area contributed by atoms with E-state index < -0.39 is 5.60 Å². The number of rotatable bonds is 5. The summed E-state index contributed by atoms with van der Waals surface area (Å²) in [4.78, 5) is 11.8. The Morgan fingerprint density at radius 1 is 1.37 bits per heavy atom. The van der Waals surface area contributed by atoms with E-state index in [2.05, 4.69) is 12.2 Å². The zero-order valence-corrected chi connectivity index (χ0v) is 12.0. The third-order valence-electron chi connectivity index (χ3n) is 4.66. The van der Waals surface area contributed by atoms with E-state index in [4.69, 9.17) is 4.74 Å². The second kappa shape index (κ2) is 6.71. The van der Waals surface area contributed by atoms with Crippen molar-refractivity contribution in [2.45, 2.75) is 70.0 Å². The first-order valence-electron chi connectivity index (χ1n) is 7.72. The summed E-state index contributed by atoms with van der Waals surface area (Å²) in [6.07, 6.45) is 7.54. The van der Waals surface area contributed by atoms with Crippen LogP contribution in [0.3, 0.4) is 0 Å². The van der Waals surface area contributed by atoms with Gasteiger partial charge in [-0.15, -0.1) is 0 Å². The third kappa shape index (κ3) is 4.46. The van der Waals surface area contributed by atoms with E-state index in [1.165, 1.54) is 6.42 Å². The first kappa shape index (κ1) is 14.8. The van der Waals surface area contributed by atoms with Crippen LogP contribution in [0, 0.1) is 5.92 Å². The number of hydrogen-bond donors (Lipinski definition) is 2. The van der Waals surface area contributed by atoms with Gasteiger partial charge in [0.25, 0.3) is 0 Å². The van der Waals surface area contributed by atoms with Crippen LogP contribution in [-0.4, -0.2) is 35.9 Å². The van der Waals surface area contributed by atoms with Crippen LogP contribution in [0.1, 0.15) is 58.3 Å². The van der Waals surface area contributed by atoms with Crippen LogP contribution < -0.4 is 5.32 Å². The van der Waals surface area contributed by atoms with Gasteiger partial charge in [-0.1, -0.05) is 13.3 Å². The van der Waals surface area contributed by atoms with Crippen LogP contribution in [0.4, 0.5) is 0 Å². The molecule has 2 rings (SSSR count). The molecule has 1 unspecified atom stereocenters. The summed E-state index contributed by atoms with van der Waals surface area (Å²) in [6, 6.07) is 0. The average Bonchev–Trinajstić information content (AvgIpc) is 2.90. The molecule has 4 heteroatoms. The zero-order valence-electron chi connectivity index (χ0n) is 12.0. The lowest BCUT2D eigenvalue weighted by molar-refractivity contribution is -0.125. The van der Waals surface area contributed by atoms with Crippen LogP contribution in [-0.2, 0) is 9.53 Å². The van der Waals surface area contributed by atoms with Gasteiger partial charge < -0.3 is 15.2 Å². The smallest absolute Gasteiger partial charge is 0.222 e. The highest BCUT2D eigenvalue weighted by Crippen LogP contribution is 2.33. The predicted molar refractivity (Wildman–Crippen MR) is 73.8 cm³/mol. The number of ether oxygens (including phenoxy) is 1. The lowest BCUT2D eigenvalue weighted by atomic mass is 9.78. The highest BCUT2D eigenvalue weighted by atomic mass is 16.5. The first-order valence-corrected chi connectivity index (χ1v) is 7.72. The Bertz CT molecular complexity index is 292. The van der Waals surface area contributed by atoms with Gasteiger partial charge in [-0.3, -0.25) is 4.79 Å². The molecule has 0 aromatic rings. The van der Waals surface area contributed by atoms with Crippen molar-refractivity contribution in [3.63, 3.8) is 0 Å². The van der Waals surface area contributed by atoms with Gasteiger partial charge in [-0.05, 0) is 44.4 Å². The molecule has 1 atom stereocenters. The van der Waals surface area contributed by atoms with Gasteiger partial charge in [0.15, 0.2) is 0 Å². The molecule has 2 aliphatic rings. The summed E-state index contributed by atoms with van der Waals surface area (Å²) in [5, 5.41) is 13.3. The van der Waals surface area contributed by atoms with Gasteiger partial charge in [0.2, 0.25) is 5.91 Å². The molecule has 1 aliphatic heterocycles. The van der Waals surface area contributed by atoms with E-state index in [9.17, 15) is 9.90 Å². The molecule has 0 radical (unpaired) electrons. The summed E-state index contributed by atoms with van der Waals surface area (Å²) in [6.45, 7) is 3.38. The number of amides is 1. The van der Waals surface area contributed by atoms with Gasteiger partial charge in [-0.2, -0.15) is 0 Å². The molecule has 1 aliphatic carbocycles. The number of carbonyl (C=O) groups is 1. The van der Waals surface area contributed by atoms with E-state index in [0.717, 1.165) is 51.0 Å². The molecular formula is C15H27NO3. The second-order valence-electron chi connectivity index (χ2n) is 6.19. The van der Waals surface area contributed by atoms with Crippen molar-refractivity contribution < 1.29 is 14.6 Å². The monoisotopic (exact) mass is 269 g/mol. The van der Waals surface area contributed by atoms with Crippen molar-refractivity contribution in [3.05, 3.63) is 0 Å². The summed E-state index contributed by atoms with van der Waals surface area (Å²) in [5.41, 5.74) is -0.683. The topological polar surface area (TPSA) is 58.6 Å². The van der Waals surface area contributed by atoms with Crippen molar-refractivity contribution in [1.82, 2.24) is 5.32 Å². The predicted octanol–water partition coefficient (Wildman–Crippen LogP) is 2.00. The Kier molecular flexibility index (Phi) is 5.22. The Balaban J connectivity index is 1.67. The molecule has 0 spiro atoms. The summed E-state index contributed by atoms with van der Waals surface area (Å²) < 4.78 is 5.45. The zero-order chi connectivity index (χ0) is 13.7. The average molecular weight is 269 g/mol. The SMILES string of the molecule is CCC1CCC(O)(CNC(=O)CC2CCCO2)CC1. The molecule has 2 fully saturated rings. The second-order valence-corrected chi connectivity index (χ2v) is 6.19. The molecule has 0 aromatic carbocycles. The lowest BCUT2D eigenvalue weighted by Gasteiger charge is -2.35. The normalized spacial score (nSPS) is 35.3. The van der Waals surface area contributed by atoms with Crippen molar-refractivity contribution in [2.24, 2.45) is 5.92 Å². The van der Waals surface area contributed by atoms with E-state index >= 15 is 0 Å². The van der Waals surface area contributed by atoms with Crippen LogP contribution >= 0.6 is 0 Å². The van der Waals surface area contributed by atoms with Crippen LogP contribution in [0.5, 0.6) is 0 Å². The van der Waals surface area contributed by atoms with Crippen molar-refractivity contribution in [1.29, 1.82) is 0 Å². The number of aliphatic hydroxyl groups is 1. The Labute approximate surface area is 115 Å². The Morgan fingerprint density at radius 2 is 2.11 bits per heavy atom. The molecule has 110 valence electrons. The first-order chi connectivity index (χ1) is 9.11. The quantitative estimate of drug-likeness (QED) is 0.802. The van der Waals surface area contributed by atoms with E-state index in [1.54, 1.807) is 0 Å². The Hall–Kier alpha value is -0.610. The van der Waals surface area contributed by atoms with Gasteiger partial charge in [0.05, 0.1) is 18.1 Å². The molecule has 2 N–H and O–H groups in total. The van der Waals surface area contributed by atoms with Crippen molar-refractivity contribution >= 4 is 5.91 Å². The number of nitrogens with one attached hydrogen (secondary N) is 1. The number of hydrogen-bond acceptors (Lipinski definition) is 3. The highest BCUT2D eigenvalue weighted by molar-refractivity contribution is 5.76. The summed E-state index contributed by atoms with van der Waals surface area (Å²) >= 11 is 0. The minimum atomic E-state index is -0.683. The fourth-order valence-electron chi connectivity index (χ4n) is 3.15. The molecule has 1 amide bonds. The number of carbonyl (C=O) groups excluding carboxylic acids is 1. The minimum absolute atomic E-state index is 0.0120. The molecule has 1 heterocycles. The van der Waals surface area contributed by atoms with Gasteiger partial charge in [0, 0.05) is 13.2 Å². The molecule has 0 bridgehead atoms. The lowest BCUT2D eigenvalue weighted by Crippen LogP contribution is -2.45. The van der Waals surface area contributed by atoms with Crippen molar-refractivity contribution in [3.8, 4) is 0 Å². The molecule has 19 heavy (non-hydrogen) atoms. The van der Waals surface area contributed by atoms with Gasteiger partial charge in [-0.25, -0.2) is 0 Å². The van der Waals surface area contributed by atoms with Gasteiger partial charge in [0.1, 0.15) is 0 Å². The largest absolute Gasteiger partial charge is 0.388 e. The maximum absolute atomic E-state index is 11.8. The van der Waals surface area contributed by atoms with Crippen molar-refractivity contribution in [2.75, 3.05) is 13.2 Å². The van der Waals surface area contributed by atoms with Crippen LogP contribution in [0.2, 0.25) is 0 Å². The van der Waals surface area contributed by atoms with Crippen LogP contribution in [0.15, 0.2) is 0 Å². The fraction of sp³-hybridized carbons (Fsp3) is 0.933.